The van der Waals surface area contributed by atoms with E-state index in [1.54, 1.807) is 0 Å². The van der Waals surface area contributed by atoms with E-state index in [1.165, 1.54) is 57.8 Å². The average Bonchev–Trinajstić information content (AvgIpc) is 3.23. The van der Waals surface area contributed by atoms with Gasteiger partial charge in [-0.25, -0.2) is 4.18 Å². The Kier molecular flexibility index (Phi) is 36.7. The van der Waals surface area contributed by atoms with E-state index in [1.807, 2.05) is 0 Å². The first kappa shape index (κ1) is 56.8. The van der Waals surface area contributed by atoms with Crippen molar-refractivity contribution in [3.8, 4) is 0 Å². The molecule has 0 aromatic rings. The predicted molar refractivity (Wildman–Crippen MR) is 243 cm³/mol. The Morgan fingerprint density at radius 2 is 1.13 bits per heavy atom. The highest BCUT2D eigenvalue weighted by Crippen LogP contribution is 2.26. The van der Waals surface area contributed by atoms with E-state index in [2.05, 4.69) is 78.8 Å². The zero-order valence-corrected chi connectivity index (χ0v) is 38.5. The van der Waals surface area contributed by atoms with Gasteiger partial charge in [0.25, 0.3) is 0 Å². The van der Waals surface area contributed by atoms with Crippen LogP contribution in [-0.4, -0.2) is 97.5 Å². The SMILES string of the molecule is CC/C=C\C/C=C\C/C=C\CCCCCCCCCC(=O)OC(COCCCCCCCC/C=C\C/C=C\CCCCCC)COC1OC(CO)C(O)C(OS(=O)(=O)O)C1O. The molecule has 1 heterocycles. The van der Waals surface area contributed by atoms with Gasteiger partial charge in [0.1, 0.15) is 30.5 Å². The summed E-state index contributed by atoms with van der Waals surface area (Å²) in [7, 11) is -5.07. The van der Waals surface area contributed by atoms with Crippen LogP contribution in [0.3, 0.4) is 0 Å². The standard InChI is InChI=1S/C48H84O12S/c1-3-5-7-9-11-13-15-17-19-21-23-25-27-29-31-33-35-37-44(50)58-42(41-57-48-46(52)47(60-61(53,54)55)45(51)43(39-49)59-48)40-56-38-36-34-32-30-28-26-24-22-20-18-16-14-12-10-8-6-4-2/h5,7,11,13-14,16-17,19-20,22,42-43,45-49,51-52H,3-4,6,8-10,12,15,18,21,23-41H2,1-2H3,(H,53,54,55)/b7-5-,13-11-,16-14-,19-17-,22-20-. The third-order valence-electron chi connectivity index (χ3n) is 10.4. The van der Waals surface area contributed by atoms with Crippen LogP contribution in [0.4, 0.5) is 0 Å². The number of aliphatic hydroxyl groups excluding tert-OH is 3. The Labute approximate surface area is 369 Å². The normalized spacial score (nSPS) is 20.7. The number of allylic oxidation sites excluding steroid dienone is 10. The minimum absolute atomic E-state index is 0.0223. The highest BCUT2D eigenvalue weighted by atomic mass is 32.3. The maximum Gasteiger partial charge on any atom is 0.397 e. The second kappa shape index (κ2) is 39.4. The fourth-order valence-electron chi connectivity index (χ4n) is 6.83. The molecule has 13 heteroatoms. The number of rotatable bonds is 40. The summed E-state index contributed by atoms with van der Waals surface area (Å²) in [4.78, 5) is 12.9. The van der Waals surface area contributed by atoms with Gasteiger partial charge in [0, 0.05) is 13.0 Å². The van der Waals surface area contributed by atoms with Crippen molar-refractivity contribution in [2.45, 2.75) is 211 Å². The largest absolute Gasteiger partial charge is 0.457 e. The van der Waals surface area contributed by atoms with Crippen LogP contribution >= 0.6 is 0 Å². The predicted octanol–water partition coefficient (Wildman–Crippen LogP) is 10.1. The summed E-state index contributed by atoms with van der Waals surface area (Å²) in [6.07, 6.45) is 39.6. The molecule has 1 fully saturated rings. The first-order valence-electron chi connectivity index (χ1n) is 23.5. The van der Waals surface area contributed by atoms with E-state index < -0.39 is 59.8 Å². The van der Waals surface area contributed by atoms with Crippen LogP contribution in [0.5, 0.6) is 0 Å². The second-order valence-electron chi connectivity index (χ2n) is 16.0. The summed E-state index contributed by atoms with van der Waals surface area (Å²) in [5, 5.41) is 30.7. The number of carbonyl (C=O) groups is 1. The van der Waals surface area contributed by atoms with Crippen molar-refractivity contribution in [1.82, 2.24) is 0 Å². The van der Waals surface area contributed by atoms with Crippen LogP contribution in [0, 0.1) is 0 Å². The summed E-state index contributed by atoms with van der Waals surface area (Å²) in [5.41, 5.74) is 0. The van der Waals surface area contributed by atoms with Crippen LogP contribution in [0.15, 0.2) is 60.8 Å². The topological polar surface area (TPSA) is 178 Å². The zero-order valence-electron chi connectivity index (χ0n) is 37.7. The molecular weight excluding hydrogens is 801 g/mol. The molecule has 12 nitrogen and oxygen atoms in total. The van der Waals surface area contributed by atoms with Gasteiger partial charge in [0.05, 0.1) is 19.8 Å². The summed E-state index contributed by atoms with van der Waals surface area (Å²) in [6.45, 7) is 3.82. The lowest BCUT2D eigenvalue weighted by atomic mass is 9.99. The number of aliphatic hydroxyl groups is 3. The molecule has 354 valence electrons. The average molecular weight is 885 g/mol. The fourth-order valence-corrected chi connectivity index (χ4v) is 7.34. The molecule has 6 unspecified atom stereocenters. The van der Waals surface area contributed by atoms with Crippen molar-refractivity contribution in [2.75, 3.05) is 26.4 Å². The Balaban J connectivity index is 2.43. The molecule has 6 atom stereocenters. The number of carbonyl (C=O) groups excluding carboxylic acids is 1. The monoisotopic (exact) mass is 885 g/mol. The van der Waals surface area contributed by atoms with Gasteiger partial charge >= 0.3 is 16.4 Å². The van der Waals surface area contributed by atoms with Crippen molar-refractivity contribution in [2.24, 2.45) is 0 Å². The lowest BCUT2D eigenvalue weighted by Gasteiger charge is -2.41. The van der Waals surface area contributed by atoms with Crippen LogP contribution < -0.4 is 0 Å². The zero-order chi connectivity index (χ0) is 44.7. The van der Waals surface area contributed by atoms with Gasteiger partial charge in [-0.1, -0.05) is 152 Å². The van der Waals surface area contributed by atoms with Crippen molar-refractivity contribution in [1.29, 1.82) is 0 Å². The molecule has 0 saturated carbocycles. The molecule has 0 aromatic heterocycles. The van der Waals surface area contributed by atoms with Gasteiger partial charge in [-0.05, 0) is 77.0 Å². The van der Waals surface area contributed by atoms with E-state index in [-0.39, 0.29) is 19.6 Å². The highest BCUT2D eigenvalue weighted by molar-refractivity contribution is 7.80. The van der Waals surface area contributed by atoms with E-state index in [0.29, 0.717) is 13.0 Å². The molecule has 0 radical (unpaired) electrons. The molecule has 1 saturated heterocycles. The summed E-state index contributed by atoms with van der Waals surface area (Å²) < 4.78 is 59.1. The number of ether oxygens (including phenoxy) is 4. The maximum atomic E-state index is 12.9. The molecule has 4 N–H and O–H groups in total. The van der Waals surface area contributed by atoms with E-state index in [4.69, 9.17) is 23.5 Å². The number of hydrogen-bond donors (Lipinski definition) is 4. The Morgan fingerprint density at radius 3 is 1.66 bits per heavy atom. The molecule has 0 aromatic carbocycles. The quantitative estimate of drug-likeness (QED) is 0.0198. The lowest BCUT2D eigenvalue weighted by Crippen LogP contribution is -2.60. The van der Waals surface area contributed by atoms with Crippen molar-refractivity contribution < 1.29 is 56.2 Å². The Morgan fingerprint density at radius 1 is 0.639 bits per heavy atom. The van der Waals surface area contributed by atoms with E-state index in [0.717, 1.165) is 89.9 Å². The number of unbranched alkanes of at least 4 members (excludes halogenated alkanes) is 17. The van der Waals surface area contributed by atoms with Crippen LogP contribution in [0.25, 0.3) is 0 Å². The van der Waals surface area contributed by atoms with Crippen molar-refractivity contribution in [3.05, 3.63) is 60.8 Å². The molecule has 1 aliphatic heterocycles. The van der Waals surface area contributed by atoms with Gasteiger partial charge in [0.15, 0.2) is 6.29 Å². The third kappa shape index (κ3) is 33.0. The van der Waals surface area contributed by atoms with Gasteiger partial charge < -0.3 is 34.3 Å². The fraction of sp³-hybridized carbons (Fsp3) is 0.771. The molecular formula is C48H84O12S. The van der Waals surface area contributed by atoms with Gasteiger partial charge in [-0.15, -0.1) is 0 Å². The summed E-state index contributed by atoms with van der Waals surface area (Å²) in [6, 6.07) is 0. The van der Waals surface area contributed by atoms with Crippen molar-refractivity contribution in [3.63, 3.8) is 0 Å². The smallest absolute Gasteiger partial charge is 0.397 e. The number of hydrogen-bond acceptors (Lipinski definition) is 11. The van der Waals surface area contributed by atoms with Gasteiger partial charge in [-0.2, -0.15) is 8.42 Å². The molecule has 0 amide bonds. The molecule has 1 aliphatic rings. The summed E-state index contributed by atoms with van der Waals surface area (Å²) >= 11 is 0. The van der Waals surface area contributed by atoms with Crippen LogP contribution in [0.1, 0.15) is 174 Å². The second-order valence-corrected chi connectivity index (χ2v) is 17.0. The Bertz CT molecular complexity index is 1300. The minimum atomic E-state index is -5.07. The summed E-state index contributed by atoms with van der Waals surface area (Å²) in [5.74, 6) is -0.415. The van der Waals surface area contributed by atoms with Gasteiger partial charge in [-0.3, -0.25) is 9.35 Å². The molecule has 0 spiro atoms. The third-order valence-corrected chi connectivity index (χ3v) is 10.8. The highest BCUT2D eigenvalue weighted by Gasteiger charge is 2.48. The molecule has 1 rings (SSSR count). The Hall–Kier alpha value is -2.20. The van der Waals surface area contributed by atoms with Crippen LogP contribution in [0.2, 0.25) is 0 Å². The van der Waals surface area contributed by atoms with Gasteiger partial charge in [0.2, 0.25) is 0 Å². The first-order valence-corrected chi connectivity index (χ1v) is 24.9. The molecule has 61 heavy (non-hydrogen) atoms. The number of esters is 1. The minimum Gasteiger partial charge on any atom is -0.457 e. The van der Waals surface area contributed by atoms with E-state index in [9.17, 15) is 28.5 Å². The first-order chi connectivity index (χ1) is 29.6. The van der Waals surface area contributed by atoms with E-state index >= 15 is 0 Å². The van der Waals surface area contributed by atoms with Crippen LogP contribution in [-0.2, 0) is 38.3 Å². The lowest BCUT2D eigenvalue weighted by molar-refractivity contribution is -0.301. The maximum absolute atomic E-state index is 12.9. The molecule has 0 bridgehead atoms. The molecule has 0 aliphatic carbocycles. The van der Waals surface area contributed by atoms with Crippen molar-refractivity contribution >= 4 is 16.4 Å².